The van der Waals surface area contributed by atoms with Crippen LogP contribution in [-0.2, 0) is 6.54 Å². The zero-order valence-electron chi connectivity index (χ0n) is 10.9. The van der Waals surface area contributed by atoms with E-state index in [1.165, 1.54) is 11.3 Å². The van der Waals surface area contributed by atoms with Gasteiger partial charge in [-0.2, -0.15) is 0 Å². The van der Waals surface area contributed by atoms with Crippen LogP contribution in [0.3, 0.4) is 0 Å². The second-order valence-electron chi connectivity index (χ2n) is 5.53. The van der Waals surface area contributed by atoms with Crippen LogP contribution in [0.4, 0.5) is 10.3 Å². The Hall–Kier alpha value is -1.89. The molecule has 2 aromatic rings. The highest BCUT2D eigenvalue weighted by Gasteiger charge is 2.35. The minimum atomic E-state index is 0.116. The van der Waals surface area contributed by atoms with Crippen molar-refractivity contribution in [3.05, 3.63) is 34.2 Å². The number of hydrogen-bond donors (Lipinski definition) is 1. The molecule has 0 aliphatic carbocycles. The minimum Gasteiger partial charge on any atom is -0.374 e. The summed E-state index contributed by atoms with van der Waals surface area (Å²) in [7, 11) is 0. The molecule has 6 nitrogen and oxygen atoms in total. The lowest BCUT2D eigenvalue weighted by Crippen LogP contribution is -2.47. The Labute approximate surface area is 119 Å². The van der Waals surface area contributed by atoms with Crippen LogP contribution in [0.1, 0.15) is 18.0 Å². The molecule has 1 saturated heterocycles. The lowest BCUT2D eigenvalue weighted by atomic mass is 9.83. The topological polar surface area (TPSA) is 77.0 Å². The van der Waals surface area contributed by atoms with Crippen molar-refractivity contribution in [3.8, 4) is 0 Å². The maximum Gasteiger partial charge on any atom is 0.250 e. The zero-order valence-corrected chi connectivity index (χ0v) is 11.7. The molecule has 2 bridgehead atoms. The highest BCUT2D eigenvalue weighted by molar-refractivity contribution is 7.18. The first-order valence-electron chi connectivity index (χ1n) is 6.74. The Balaban J connectivity index is 1.70. The number of fused-ring (bicyclic) bond motifs is 4. The number of nitrogens with two attached hydrogens (primary N) is 1. The molecule has 0 saturated carbocycles. The Bertz CT molecular complexity index is 709. The molecule has 2 atom stereocenters. The summed E-state index contributed by atoms with van der Waals surface area (Å²) < 4.78 is 1.94. The lowest BCUT2D eigenvalue weighted by molar-refractivity contribution is 0.281. The number of hydrogen-bond acceptors (Lipinski definition) is 6. The number of nitrogen functional groups attached to an aromatic ring is 1. The van der Waals surface area contributed by atoms with Crippen LogP contribution in [0.5, 0.6) is 0 Å². The number of nitrogens with zero attached hydrogens (tertiary/aromatic N) is 4. The van der Waals surface area contributed by atoms with E-state index in [0.29, 0.717) is 17.0 Å². The van der Waals surface area contributed by atoms with Gasteiger partial charge in [-0.15, -0.1) is 10.2 Å². The molecule has 2 aliphatic heterocycles. The predicted molar refractivity (Wildman–Crippen MR) is 78.1 cm³/mol. The summed E-state index contributed by atoms with van der Waals surface area (Å²) in [5.41, 5.74) is 6.94. The van der Waals surface area contributed by atoms with E-state index in [1.54, 1.807) is 6.07 Å². The van der Waals surface area contributed by atoms with Gasteiger partial charge in [-0.3, -0.25) is 4.79 Å². The van der Waals surface area contributed by atoms with Crippen LogP contribution >= 0.6 is 11.3 Å². The number of pyridine rings is 1. The lowest BCUT2D eigenvalue weighted by Gasteiger charge is -2.42. The number of aromatic nitrogens is 3. The van der Waals surface area contributed by atoms with Gasteiger partial charge in [0.25, 0.3) is 5.56 Å². The zero-order chi connectivity index (χ0) is 13.7. The van der Waals surface area contributed by atoms with E-state index in [2.05, 4.69) is 21.2 Å². The SMILES string of the molecule is Nc1nnc(N2C[C@H]3C[C@H](C2)c2cccc(=O)n2C3)s1. The van der Waals surface area contributed by atoms with Crippen molar-refractivity contribution in [2.75, 3.05) is 23.7 Å². The van der Waals surface area contributed by atoms with Crippen molar-refractivity contribution in [2.45, 2.75) is 18.9 Å². The van der Waals surface area contributed by atoms with Gasteiger partial charge < -0.3 is 15.2 Å². The van der Waals surface area contributed by atoms with Gasteiger partial charge in [0.05, 0.1) is 0 Å². The van der Waals surface area contributed by atoms with E-state index in [4.69, 9.17) is 5.73 Å². The summed E-state index contributed by atoms with van der Waals surface area (Å²) >= 11 is 1.43. The smallest absolute Gasteiger partial charge is 0.250 e. The molecular formula is C13H15N5OS. The summed E-state index contributed by atoms with van der Waals surface area (Å²) in [6, 6.07) is 5.57. The summed E-state index contributed by atoms with van der Waals surface area (Å²) in [6.07, 6.45) is 1.15. The Morgan fingerprint density at radius 1 is 1.25 bits per heavy atom. The van der Waals surface area contributed by atoms with E-state index in [-0.39, 0.29) is 5.56 Å². The Morgan fingerprint density at radius 2 is 2.15 bits per heavy atom. The molecule has 0 spiro atoms. The van der Waals surface area contributed by atoms with E-state index in [1.807, 2.05) is 10.6 Å². The van der Waals surface area contributed by atoms with Gasteiger partial charge in [-0.05, 0) is 18.4 Å². The van der Waals surface area contributed by atoms with E-state index < -0.39 is 0 Å². The van der Waals surface area contributed by atoms with Crippen molar-refractivity contribution in [1.29, 1.82) is 0 Å². The summed E-state index contributed by atoms with van der Waals surface area (Å²) in [5, 5.41) is 9.43. The highest BCUT2D eigenvalue weighted by Crippen LogP contribution is 2.37. The maximum absolute atomic E-state index is 12.0. The van der Waals surface area contributed by atoms with Crippen molar-refractivity contribution in [3.63, 3.8) is 0 Å². The molecular weight excluding hydrogens is 274 g/mol. The first-order chi connectivity index (χ1) is 9.70. The monoisotopic (exact) mass is 289 g/mol. The fourth-order valence-electron chi connectivity index (χ4n) is 3.41. The highest BCUT2D eigenvalue weighted by atomic mass is 32.1. The van der Waals surface area contributed by atoms with Gasteiger partial charge in [0.15, 0.2) is 0 Å². The van der Waals surface area contributed by atoms with Gasteiger partial charge in [0.1, 0.15) is 0 Å². The van der Waals surface area contributed by atoms with Crippen LogP contribution < -0.4 is 16.2 Å². The molecule has 0 radical (unpaired) electrons. The number of rotatable bonds is 1. The quantitative estimate of drug-likeness (QED) is 0.844. The second-order valence-corrected chi connectivity index (χ2v) is 6.51. The van der Waals surface area contributed by atoms with Gasteiger partial charge in [0.2, 0.25) is 10.3 Å². The van der Waals surface area contributed by atoms with Crippen LogP contribution in [-0.4, -0.2) is 27.9 Å². The van der Waals surface area contributed by atoms with Crippen molar-refractivity contribution in [2.24, 2.45) is 5.92 Å². The van der Waals surface area contributed by atoms with Crippen LogP contribution in [0.15, 0.2) is 23.0 Å². The molecule has 0 unspecified atom stereocenters. The average molecular weight is 289 g/mol. The van der Waals surface area contributed by atoms with Crippen molar-refractivity contribution < 1.29 is 0 Å². The molecule has 0 amide bonds. The molecule has 4 rings (SSSR count). The average Bonchev–Trinajstić information content (AvgIpc) is 2.87. The molecule has 0 aromatic carbocycles. The fourth-order valence-corrected chi connectivity index (χ4v) is 4.04. The third-order valence-electron chi connectivity index (χ3n) is 4.18. The molecule has 2 aliphatic rings. The summed E-state index contributed by atoms with van der Waals surface area (Å²) in [5.74, 6) is 0.882. The third kappa shape index (κ3) is 1.81. The van der Waals surface area contributed by atoms with E-state index in [9.17, 15) is 4.79 Å². The van der Waals surface area contributed by atoms with Crippen LogP contribution in [0.2, 0.25) is 0 Å². The number of piperidine rings is 1. The predicted octanol–water partition coefficient (Wildman–Crippen LogP) is 0.906. The first kappa shape index (κ1) is 11.9. The van der Waals surface area contributed by atoms with E-state index >= 15 is 0 Å². The van der Waals surface area contributed by atoms with E-state index in [0.717, 1.165) is 36.9 Å². The second kappa shape index (κ2) is 4.31. The normalized spacial score (nSPS) is 24.5. The minimum absolute atomic E-state index is 0.116. The summed E-state index contributed by atoms with van der Waals surface area (Å²) in [6.45, 7) is 2.61. The Kier molecular flexibility index (Phi) is 2.56. The van der Waals surface area contributed by atoms with Crippen molar-refractivity contribution >= 4 is 21.6 Å². The standard InChI is InChI=1S/C13H15N5OS/c14-12-15-16-13(20-12)17-5-8-4-9(7-17)10-2-1-3-11(19)18(10)6-8/h1-3,8-9H,4-7H2,(H2,14,15)/t8-,9-/m1/s1. The molecule has 2 N–H and O–H groups in total. The Morgan fingerprint density at radius 3 is 2.95 bits per heavy atom. The molecule has 2 aromatic heterocycles. The molecule has 20 heavy (non-hydrogen) atoms. The third-order valence-corrected chi connectivity index (χ3v) is 4.99. The molecule has 1 fully saturated rings. The van der Waals surface area contributed by atoms with Gasteiger partial charge in [-0.1, -0.05) is 17.4 Å². The molecule has 4 heterocycles. The first-order valence-corrected chi connectivity index (χ1v) is 7.56. The molecule has 7 heteroatoms. The van der Waals surface area contributed by atoms with Crippen molar-refractivity contribution in [1.82, 2.24) is 14.8 Å². The fraction of sp³-hybridized carbons (Fsp3) is 0.462. The van der Waals surface area contributed by atoms with Gasteiger partial charge in [0, 0.05) is 37.3 Å². The van der Waals surface area contributed by atoms with Gasteiger partial charge in [-0.25, -0.2) is 0 Å². The van der Waals surface area contributed by atoms with Crippen LogP contribution in [0.25, 0.3) is 0 Å². The van der Waals surface area contributed by atoms with Gasteiger partial charge >= 0.3 is 0 Å². The maximum atomic E-state index is 12.0. The largest absolute Gasteiger partial charge is 0.374 e. The molecule has 104 valence electrons. The van der Waals surface area contributed by atoms with Crippen LogP contribution in [0, 0.1) is 5.92 Å². The number of anilines is 2. The summed E-state index contributed by atoms with van der Waals surface area (Å²) in [4.78, 5) is 14.2.